The van der Waals surface area contributed by atoms with E-state index in [1.54, 1.807) is 11.8 Å². The molecule has 7 nitrogen and oxygen atoms in total. The monoisotopic (exact) mass is 427 g/mol. The molecule has 2 aromatic carbocycles. The van der Waals surface area contributed by atoms with Crippen molar-refractivity contribution in [1.29, 1.82) is 0 Å². The van der Waals surface area contributed by atoms with Crippen LogP contribution >= 0.6 is 12.4 Å². The Morgan fingerprint density at radius 3 is 2.63 bits per heavy atom. The maximum Gasteiger partial charge on any atom is 0.294 e. The van der Waals surface area contributed by atoms with E-state index in [0.29, 0.717) is 19.5 Å². The lowest BCUT2D eigenvalue weighted by atomic mass is 10.0. The second-order valence-corrected chi connectivity index (χ2v) is 6.91. The highest BCUT2D eigenvalue weighted by Crippen LogP contribution is 2.31. The number of nitrogens with one attached hydrogen (secondary N) is 1. The Bertz CT molecular complexity index is 992. The zero-order valence-electron chi connectivity index (χ0n) is 17.1. The molecule has 1 amide bonds. The van der Waals surface area contributed by atoms with Crippen LogP contribution in [0.2, 0.25) is 0 Å². The van der Waals surface area contributed by atoms with Crippen molar-refractivity contribution in [3.63, 3.8) is 0 Å². The lowest BCUT2D eigenvalue weighted by Gasteiger charge is -2.36. The molecular formula is C22H26ClN5O2. The summed E-state index contributed by atoms with van der Waals surface area (Å²) in [6, 6.07) is 17.5. The van der Waals surface area contributed by atoms with E-state index in [9.17, 15) is 4.79 Å². The summed E-state index contributed by atoms with van der Waals surface area (Å²) in [5.41, 5.74) is 1.88. The van der Waals surface area contributed by atoms with Crippen LogP contribution in [-0.2, 0) is 6.42 Å². The van der Waals surface area contributed by atoms with E-state index in [4.69, 9.17) is 4.74 Å². The number of carbonyl (C=O) groups is 1. The van der Waals surface area contributed by atoms with Crippen molar-refractivity contribution < 1.29 is 9.53 Å². The van der Waals surface area contributed by atoms with E-state index in [2.05, 4.69) is 15.4 Å². The third kappa shape index (κ3) is 4.17. The van der Waals surface area contributed by atoms with Gasteiger partial charge in [0.25, 0.3) is 5.91 Å². The topological polar surface area (TPSA) is 72.3 Å². The molecule has 0 radical (unpaired) electrons. The number of carbonyl (C=O) groups excluding carboxylic acids is 1. The first kappa shape index (κ1) is 21.8. The summed E-state index contributed by atoms with van der Waals surface area (Å²) in [5.74, 6) is 1.61. The minimum atomic E-state index is -0.160. The molecule has 3 aromatic rings. The number of aryl methyl sites for hydroxylation is 1. The number of benzene rings is 2. The van der Waals surface area contributed by atoms with Gasteiger partial charge in [0.05, 0.1) is 18.8 Å². The van der Waals surface area contributed by atoms with Gasteiger partial charge >= 0.3 is 0 Å². The average molecular weight is 428 g/mol. The fourth-order valence-electron chi connectivity index (χ4n) is 3.74. The standard InChI is InChI=1S/C22H25N5O2.ClH/c1-3-20-24-21(25-27(20)16-9-5-4-6-10-16)22(28)26-14-13-23-15-18(26)17-11-7-8-12-19(17)29-2;/h4-12,18,23H,3,13-15H2,1-2H3;1H. The molecule has 1 atom stereocenters. The molecule has 158 valence electrons. The molecule has 2 heterocycles. The normalized spacial score (nSPS) is 16.1. The molecule has 4 rings (SSSR count). The van der Waals surface area contributed by atoms with E-state index in [1.165, 1.54) is 0 Å². The van der Waals surface area contributed by atoms with E-state index < -0.39 is 0 Å². The molecule has 1 aliphatic rings. The Morgan fingerprint density at radius 1 is 1.17 bits per heavy atom. The number of hydrogen-bond acceptors (Lipinski definition) is 5. The summed E-state index contributed by atoms with van der Waals surface area (Å²) in [6.45, 7) is 3.99. The van der Waals surface area contributed by atoms with Gasteiger partial charge in [-0.05, 0) is 18.2 Å². The smallest absolute Gasteiger partial charge is 0.294 e. The van der Waals surface area contributed by atoms with Gasteiger partial charge in [-0.1, -0.05) is 43.3 Å². The summed E-state index contributed by atoms with van der Waals surface area (Å²) in [7, 11) is 1.65. The van der Waals surface area contributed by atoms with Crippen LogP contribution in [0.1, 0.15) is 35.0 Å². The van der Waals surface area contributed by atoms with E-state index in [-0.39, 0.29) is 30.2 Å². The van der Waals surface area contributed by atoms with Gasteiger partial charge in [0, 0.05) is 31.6 Å². The van der Waals surface area contributed by atoms with Crippen LogP contribution in [0.15, 0.2) is 54.6 Å². The van der Waals surface area contributed by atoms with E-state index in [1.807, 2.05) is 66.4 Å². The molecule has 0 saturated carbocycles. The Kier molecular flexibility index (Phi) is 7.07. The van der Waals surface area contributed by atoms with E-state index in [0.717, 1.165) is 29.4 Å². The predicted molar refractivity (Wildman–Crippen MR) is 118 cm³/mol. The Hall–Kier alpha value is -2.90. The first-order valence-corrected chi connectivity index (χ1v) is 9.89. The van der Waals surface area contributed by atoms with Gasteiger partial charge in [0.15, 0.2) is 0 Å². The van der Waals surface area contributed by atoms with Crippen LogP contribution in [-0.4, -0.2) is 52.3 Å². The third-order valence-electron chi connectivity index (χ3n) is 5.18. The van der Waals surface area contributed by atoms with Gasteiger partial charge in [0.2, 0.25) is 5.82 Å². The van der Waals surface area contributed by atoms with Crippen molar-refractivity contribution in [3.8, 4) is 11.4 Å². The molecule has 1 aromatic heterocycles. The van der Waals surface area contributed by atoms with Gasteiger partial charge in [-0.2, -0.15) is 0 Å². The maximum absolute atomic E-state index is 13.4. The second kappa shape index (κ2) is 9.73. The number of hydrogen-bond donors (Lipinski definition) is 1. The Morgan fingerprint density at radius 2 is 1.90 bits per heavy atom. The molecule has 0 aliphatic carbocycles. The molecule has 0 spiro atoms. The largest absolute Gasteiger partial charge is 0.496 e. The van der Waals surface area contributed by atoms with Crippen molar-refractivity contribution in [2.45, 2.75) is 19.4 Å². The van der Waals surface area contributed by atoms with Crippen LogP contribution < -0.4 is 10.1 Å². The molecule has 0 bridgehead atoms. The zero-order valence-corrected chi connectivity index (χ0v) is 17.9. The van der Waals surface area contributed by atoms with Crippen LogP contribution in [0.4, 0.5) is 0 Å². The van der Waals surface area contributed by atoms with Gasteiger partial charge in [-0.15, -0.1) is 17.5 Å². The van der Waals surface area contributed by atoms with Crippen molar-refractivity contribution in [2.75, 3.05) is 26.7 Å². The number of rotatable bonds is 5. The average Bonchev–Trinajstić information content (AvgIpc) is 3.23. The summed E-state index contributed by atoms with van der Waals surface area (Å²) >= 11 is 0. The highest BCUT2D eigenvalue weighted by Gasteiger charge is 2.32. The summed E-state index contributed by atoms with van der Waals surface area (Å²) in [6.07, 6.45) is 0.687. The molecule has 30 heavy (non-hydrogen) atoms. The molecule has 8 heteroatoms. The first-order chi connectivity index (χ1) is 14.2. The van der Waals surface area contributed by atoms with Gasteiger partial charge < -0.3 is 15.0 Å². The number of piperazine rings is 1. The molecule has 1 unspecified atom stereocenters. The minimum absolute atomic E-state index is 0. The SMILES string of the molecule is CCc1nc(C(=O)N2CCNCC2c2ccccc2OC)nn1-c1ccccc1.Cl. The summed E-state index contributed by atoms with van der Waals surface area (Å²) < 4.78 is 7.29. The number of para-hydroxylation sites is 2. The van der Waals surface area contributed by atoms with Crippen molar-refractivity contribution >= 4 is 18.3 Å². The second-order valence-electron chi connectivity index (χ2n) is 6.91. The highest BCUT2D eigenvalue weighted by molar-refractivity contribution is 5.91. The van der Waals surface area contributed by atoms with Crippen LogP contribution in [0.5, 0.6) is 5.75 Å². The quantitative estimate of drug-likeness (QED) is 0.677. The molecular weight excluding hydrogens is 402 g/mol. The fourth-order valence-corrected chi connectivity index (χ4v) is 3.74. The summed E-state index contributed by atoms with van der Waals surface area (Å²) in [5, 5.41) is 7.94. The Labute approximate surface area is 182 Å². The predicted octanol–water partition coefficient (Wildman–Crippen LogP) is 3.05. The van der Waals surface area contributed by atoms with Crippen molar-refractivity contribution in [2.24, 2.45) is 0 Å². The number of amides is 1. The summed E-state index contributed by atoms with van der Waals surface area (Å²) in [4.78, 5) is 19.8. The molecule has 1 saturated heterocycles. The maximum atomic E-state index is 13.4. The third-order valence-corrected chi connectivity index (χ3v) is 5.18. The van der Waals surface area contributed by atoms with Gasteiger partial charge in [-0.3, -0.25) is 4.79 Å². The van der Waals surface area contributed by atoms with Crippen molar-refractivity contribution in [1.82, 2.24) is 25.0 Å². The molecule has 1 N–H and O–H groups in total. The first-order valence-electron chi connectivity index (χ1n) is 9.89. The van der Waals surface area contributed by atoms with Gasteiger partial charge in [0.1, 0.15) is 11.6 Å². The van der Waals surface area contributed by atoms with Gasteiger partial charge in [-0.25, -0.2) is 9.67 Å². The van der Waals surface area contributed by atoms with Crippen LogP contribution in [0.25, 0.3) is 5.69 Å². The highest BCUT2D eigenvalue weighted by atomic mass is 35.5. The van der Waals surface area contributed by atoms with E-state index >= 15 is 0 Å². The zero-order chi connectivity index (χ0) is 20.2. The number of aromatic nitrogens is 3. The number of nitrogens with zero attached hydrogens (tertiary/aromatic N) is 4. The van der Waals surface area contributed by atoms with Crippen LogP contribution in [0.3, 0.4) is 0 Å². The minimum Gasteiger partial charge on any atom is -0.496 e. The molecule has 1 aliphatic heterocycles. The van der Waals surface area contributed by atoms with Crippen LogP contribution in [0, 0.1) is 0 Å². The molecule has 1 fully saturated rings. The number of halogens is 1. The lowest BCUT2D eigenvalue weighted by Crippen LogP contribution is -2.49. The number of ether oxygens (including phenoxy) is 1. The fraction of sp³-hybridized carbons (Fsp3) is 0.318. The lowest BCUT2D eigenvalue weighted by molar-refractivity contribution is 0.0619. The Balaban J connectivity index is 0.00000256. The number of methoxy groups -OCH3 is 1. The van der Waals surface area contributed by atoms with Crippen molar-refractivity contribution in [3.05, 3.63) is 71.8 Å².